The molecule has 2 aromatic carbocycles. The zero-order chi connectivity index (χ0) is 17.7. The Morgan fingerprint density at radius 2 is 1.85 bits per heavy atom. The number of aromatic amines is 1. The smallest absolute Gasteiger partial charge is 0.178 e. The van der Waals surface area contributed by atoms with E-state index in [0.717, 1.165) is 39.5 Å². The van der Waals surface area contributed by atoms with Crippen molar-refractivity contribution in [3.63, 3.8) is 0 Å². The molecule has 5 rings (SSSR count). The van der Waals surface area contributed by atoms with Crippen molar-refractivity contribution in [1.29, 1.82) is 0 Å². The van der Waals surface area contributed by atoms with Gasteiger partial charge < -0.3 is 15.2 Å². The van der Waals surface area contributed by atoms with E-state index in [1.165, 1.54) is 0 Å². The number of fused-ring (bicyclic) bond motifs is 2. The quantitative estimate of drug-likeness (QED) is 0.484. The number of nitrogens with zero attached hydrogens (tertiary/aromatic N) is 3. The maximum absolute atomic E-state index is 6.13. The minimum Gasteiger partial charge on any atom is -0.361 e. The predicted octanol–water partition coefficient (Wildman–Crippen LogP) is 5.45. The molecule has 0 saturated heterocycles. The van der Waals surface area contributed by atoms with Crippen molar-refractivity contribution < 1.29 is 0 Å². The van der Waals surface area contributed by atoms with Crippen LogP contribution in [0.1, 0.15) is 0 Å². The molecule has 5 nitrogen and oxygen atoms in total. The molecule has 128 valence electrons. The number of H-pyrrole nitrogens is 1. The van der Waals surface area contributed by atoms with E-state index in [-0.39, 0.29) is 0 Å². The van der Waals surface area contributed by atoms with E-state index < -0.39 is 0 Å². The van der Waals surface area contributed by atoms with Gasteiger partial charge in [-0.1, -0.05) is 23.2 Å². The summed E-state index contributed by atoms with van der Waals surface area (Å²) >= 11 is 12.3. The largest absolute Gasteiger partial charge is 0.361 e. The van der Waals surface area contributed by atoms with Gasteiger partial charge in [0.1, 0.15) is 0 Å². The summed E-state index contributed by atoms with van der Waals surface area (Å²) in [7, 11) is 0. The molecule has 4 aromatic rings. The highest BCUT2D eigenvalue weighted by molar-refractivity contribution is 6.35. The van der Waals surface area contributed by atoms with Crippen LogP contribution in [0.15, 0.2) is 54.9 Å². The van der Waals surface area contributed by atoms with Crippen molar-refractivity contribution in [2.24, 2.45) is 0 Å². The van der Waals surface area contributed by atoms with Gasteiger partial charge in [-0.2, -0.15) is 0 Å². The van der Waals surface area contributed by atoms with Crippen LogP contribution in [0.25, 0.3) is 22.2 Å². The first-order valence-electron chi connectivity index (χ1n) is 8.09. The lowest BCUT2D eigenvalue weighted by Crippen LogP contribution is -2.17. The number of hydrogen-bond donors (Lipinski definition) is 2. The number of hydrogen-bond acceptors (Lipinski definition) is 4. The van der Waals surface area contributed by atoms with Gasteiger partial charge >= 0.3 is 0 Å². The fourth-order valence-corrected chi connectivity index (χ4v) is 3.71. The van der Waals surface area contributed by atoms with Gasteiger partial charge in [0.2, 0.25) is 0 Å². The van der Waals surface area contributed by atoms with Gasteiger partial charge in [-0.25, -0.2) is 9.97 Å². The first-order valence-corrected chi connectivity index (χ1v) is 8.85. The van der Waals surface area contributed by atoms with Crippen LogP contribution in [-0.2, 0) is 0 Å². The lowest BCUT2D eigenvalue weighted by Gasteiger charge is -2.17. The molecule has 26 heavy (non-hydrogen) atoms. The highest BCUT2D eigenvalue weighted by Crippen LogP contribution is 2.36. The van der Waals surface area contributed by atoms with Crippen LogP contribution >= 0.6 is 23.2 Å². The number of benzene rings is 2. The van der Waals surface area contributed by atoms with Crippen molar-refractivity contribution in [3.8, 4) is 11.3 Å². The van der Waals surface area contributed by atoms with E-state index in [1.807, 2.05) is 18.3 Å². The van der Waals surface area contributed by atoms with Crippen LogP contribution in [0.5, 0.6) is 0 Å². The van der Waals surface area contributed by atoms with E-state index in [9.17, 15) is 0 Å². The molecule has 0 amide bonds. The van der Waals surface area contributed by atoms with Gasteiger partial charge in [-0.15, -0.1) is 0 Å². The third kappa shape index (κ3) is 2.57. The summed E-state index contributed by atoms with van der Waals surface area (Å²) in [5, 5.41) is 5.58. The normalized spacial score (nSPS) is 13.1. The Morgan fingerprint density at radius 3 is 2.69 bits per heavy atom. The van der Waals surface area contributed by atoms with Crippen LogP contribution in [0.3, 0.4) is 0 Å². The summed E-state index contributed by atoms with van der Waals surface area (Å²) in [6.45, 7) is 0.616. The van der Waals surface area contributed by atoms with Gasteiger partial charge in [0.15, 0.2) is 11.6 Å². The Kier molecular flexibility index (Phi) is 3.51. The Labute approximate surface area is 159 Å². The number of rotatable bonds is 2. The van der Waals surface area contributed by atoms with Gasteiger partial charge in [0.05, 0.1) is 18.6 Å². The number of nitrogens with one attached hydrogen (secondary N) is 2. The van der Waals surface area contributed by atoms with E-state index in [0.29, 0.717) is 16.7 Å². The van der Waals surface area contributed by atoms with Crippen molar-refractivity contribution >= 4 is 51.4 Å². The molecule has 0 bridgehead atoms. The Hall–Kier alpha value is -2.76. The van der Waals surface area contributed by atoms with Crippen molar-refractivity contribution in [3.05, 3.63) is 64.9 Å². The fourth-order valence-electron chi connectivity index (χ4n) is 3.18. The monoisotopic (exact) mass is 381 g/mol. The number of halogens is 2. The van der Waals surface area contributed by atoms with E-state index in [1.54, 1.807) is 12.3 Å². The molecule has 1 aliphatic rings. The molecule has 0 aliphatic carbocycles. The Balaban J connectivity index is 1.59. The molecule has 2 N–H and O–H groups in total. The molecule has 0 saturated carbocycles. The van der Waals surface area contributed by atoms with E-state index >= 15 is 0 Å². The van der Waals surface area contributed by atoms with E-state index in [2.05, 4.69) is 44.5 Å². The van der Waals surface area contributed by atoms with Gasteiger partial charge in [0, 0.05) is 38.4 Å². The molecule has 0 atom stereocenters. The molecule has 0 radical (unpaired) electrons. The van der Waals surface area contributed by atoms with Crippen LogP contribution < -0.4 is 10.2 Å². The molecule has 3 heterocycles. The molecule has 2 aromatic heterocycles. The zero-order valence-electron chi connectivity index (χ0n) is 13.5. The first-order chi connectivity index (χ1) is 12.7. The number of anilines is 3. The van der Waals surface area contributed by atoms with Gasteiger partial charge in [-0.05, 0) is 42.5 Å². The lowest BCUT2D eigenvalue weighted by molar-refractivity contribution is 1.07. The van der Waals surface area contributed by atoms with E-state index in [4.69, 9.17) is 28.2 Å². The average molecular weight is 382 g/mol. The maximum atomic E-state index is 6.13. The molecule has 0 spiro atoms. The minimum absolute atomic E-state index is 0.572. The van der Waals surface area contributed by atoms with Gasteiger partial charge in [-0.3, -0.25) is 0 Å². The highest BCUT2D eigenvalue weighted by atomic mass is 35.5. The molecular weight excluding hydrogens is 369 g/mol. The summed E-state index contributed by atoms with van der Waals surface area (Å²) in [4.78, 5) is 14.6. The van der Waals surface area contributed by atoms with Crippen LogP contribution in [-0.4, -0.2) is 21.6 Å². The standard InChI is InChI=1S/C19H13Cl2N5/c20-13-5-12(6-14(21)8-13)17-9-23-18-19(25-17)26(10-24-18)15-1-2-16-11(7-15)3-4-22-16/h1-9,22H,10H2,(H,23,24). The molecule has 0 unspecified atom stereocenters. The fraction of sp³-hybridized carbons (Fsp3) is 0.0526. The average Bonchev–Trinajstić information content (AvgIpc) is 3.26. The molecular formula is C19H13Cl2N5. The molecule has 0 fully saturated rings. The van der Waals surface area contributed by atoms with Crippen LogP contribution in [0.4, 0.5) is 17.3 Å². The summed E-state index contributed by atoms with van der Waals surface area (Å²) in [5.41, 5.74) is 3.73. The Bertz CT molecular complexity index is 1120. The molecule has 1 aliphatic heterocycles. The van der Waals surface area contributed by atoms with Crippen LogP contribution in [0.2, 0.25) is 10.0 Å². The van der Waals surface area contributed by atoms with Gasteiger partial charge in [0.25, 0.3) is 0 Å². The first kappa shape index (κ1) is 15.5. The summed E-state index contributed by atoms with van der Waals surface area (Å²) in [5.74, 6) is 1.55. The van der Waals surface area contributed by atoms with Crippen molar-refractivity contribution in [2.45, 2.75) is 0 Å². The summed E-state index contributed by atoms with van der Waals surface area (Å²) in [6, 6.07) is 13.7. The highest BCUT2D eigenvalue weighted by Gasteiger charge is 2.24. The Morgan fingerprint density at radius 1 is 1.00 bits per heavy atom. The SMILES string of the molecule is Clc1cc(Cl)cc(-c2cnc3c(n2)N(c2ccc4[nH]ccc4c2)CN3)c1. The van der Waals surface area contributed by atoms with Crippen LogP contribution in [0, 0.1) is 0 Å². The second-order valence-electron chi connectivity index (χ2n) is 6.10. The predicted molar refractivity (Wildman–Crippen MR) is 106 cm³/mol. The minimum atomic E-state index is 0.572. The third-order valence-electron chi connectivity index (χ3n) is 4.42. The number of aromatic nitrogens is 3. The maximum Gasteiger partial charge on any atom is 0.178 e. The second kappa shape index (κ2) is 5.90. The molecule has 7 heteroatoms. The topological polar surface area (TPSA) is 56.8 Å². The zero-order valence-corrected chi connectivity index (χ0v) is 15.0. The summed E-state index contributed by atoms with van der Waals surface area (Å²) < 4.78 is 0. The third-order valence-corrected chi connectivity index (χ3v) is 4.86. The van der Waals surface area contributed by atoms with Crippen molar-refractivity contribution in [1.82, 2.24) is 15.0 Å². The second-order valence-corrected chi connectivity index (χ2v) is 6.97. The summed E-state index contributed by atoms with van der Waals surface area (Å²) in [6.07, 6.45) is 3.66. The lowest BCUT2D eigenvalue weighted by atomic mass is 10.1. The van der Waals surface area contributed by atoms with Crippen molar-refractivity contribution in [2.75, 3.05) is 16.9 Å².